The average Bonchev–Trinajstić information content (AvgIpc) is 2.72. The van der Waals surface area contributed by atoms with Crippen molar-refractivity contribution < 1.29 is 0 Å². The lowest BCUT2D eigenvalue weighted by Gasteiger charge is -2.15. The van der Waals surface area contributed by atoms with Crippen LogP contribution in [0.5, 0.6) is 0 Å². The standard InChI is InChI=1S/C10H17N/c1-4-10(8(2)3)11-7-9-5-6-9/h1,8-11H,5-7H2,2-3H3. The number of terminal acetylenes is 1. The van der Waals surface area contributed by atoms with Gasteiger partial charge in [0.15, 0.2) is 0 Å². The first-order chi connectivity index (χ1) is 5.24. The van der Waals surface area contributed by atoms with Gasteiger partial charge in [-0.2, -0.15) is 0 Å². The van der Waals surface area contributed by atoms with Crippen molar-refractivity contribution in [1.82, 2.24) is 5.32 Å². The lowest BCUT2D eigenvalue weighted by atomic mass is 10.1. The Hall–Kier alpha value is -0.480. The van der Waals surface area contributed by atoms with E-state index >= 15 is 0 Å². The zero-order valence-electron chi connectivity index (χ0n) is 7.43. The topological polar surface area (TPSA) is 12.0 Å². The van der Waals surface area contributed by atoms with Crippen LogP contribution in [0, 0.1) is 24.2 Å². The molecule has 1 saturated carbocycles. The Labute approximate surface area is 69.6 Å². The third-order valence-corrected chi connectivity index (χ3v) is 2.17. The molecule has 0 aromatic carbocycles. The van der Waals surface area contributed by atoms with Gasteiger partial charge in [0.2, 0.25) is 0 Å². The molecule has 1 N–H and O–H groups in total. The first-order valence-electron chi connectivity index (χ1n) is 4.43. The number of rotatable bonds is 4. The maximum absolute atomic E-state index is 5.37. The minimum Gasteiger partial charge on any atom is -0.303 e. The molecule has 1 heteroatoms. The van der Waals surface area contributed by atoms with Crippen molar-refractivity contribution in [2.75, 3.05) is 6.54 Å². The highest BCUT2D eigenvalue weighted by molar-refractivity contribution is 5.00. The minimum absolute atomic E-state index is 0.274. The van der Waals surface area contributed by atoms with Gasteiger partial charge in [-0.3, -0.25) is 0 Å². The van der Waals surface area contributed by atoms with Gasteiger partial charge < -0.3 is 5.32 Å². The predicted molar refractivity (Wildman–Crippen MR) is 48.2 cm³/mol. The van der Waals surface area contributed by atoms with Gasteiger partial charge in [-0.15, -0.1) is 6.42 Å². The summed E-state index contributed by atoms with van der Waals surface area (Å²) in [7, 11) is 0. The van der Waals surface area contributed by atoms with Crippen LogP contribution in [-0.4, -0.2) is 12.6 Å². The highest BCUT2D eigenvalue weighted by Crippen LogP contribution is 2.27. The molecular weight excluding hydrogens is 134 g/mol. The fourth-order valence-corrected chi connectivity index (χ4v) is 1.10. The van der Waals surface area contributed by atoms with Crippen molar-refractivity contribution in [1.29, 1.82) is 0 Å². The molecule has 0 aliphatic heterocycles. The van der Waals surface area contributed by atoms with Gasteiger partial charge in [0, 0.05) is 0 Å². The molecule has 1 aliphatic carbocycles. The second-order valence-corrected chi connectivity index (χ2v) is 3.74. The summed E-state index contributed by atoms with van der Waals surface area (Å²) >= 11 is 0. The van der Waals surface area contributed by atoms with Crippen LogP contribution in [0.2, 0.25) is 0 Å². The largest absolute Gasteiger partial charge is 0.303 e. The van der Waals surface area contributed by atoms with Crippen LogP contribution >= 0.6 is 0 Å². The fraction of sp³-hybridized carbons (Fsp3) is 0.800. The normalized spacial score (nSPS) is 19.8. The number of nitrogens with one attached hydrogen (secondary N) is 1. The van der Waals surface area contributed by atoms with E-state index < -0.39 is 0 Å². The fourth-order valence-electron chi connectivity index (χ4n) is 1.10. The second kappa shape index (κ2) is 3.78. The van der Waals surface area contributed by atoms with Crippen molar-refractivity contribution in [3.05, 3.63) is 0 Å². The summed E-state index contributed by atoms with van der Waals surface area (Å²) in [6.45, 7) is 5.43. The molecule has 1 fully saturated rings. The monoisotopic (exact) mass is 151 g/mol. The Bertz CT molecular complexity index is 151. The average molecular weight is 151 g/mol. The Morgan fingerprint density at radius 3 is 2.55 bits per heavy atom. The Kier molecular flexibility index (Phi) is 2.96. The number of hydrogen-bond donors (Lipinski definition) is 1. The van der Waals surface area contributed by atoms with Gasteiger partial charge in [0.1, 0.15) is 0 Å². The molecule has 0 aromatic heterocycles. The Morgan fingerprint density at radius 2 is 2.18 bits per heavy atom. The zero-order chi connectivity index (χ0) is 8.27. The maximum atomic E-state index is 5.37. The molecule has 0 bridgehead atoms. The third-order valence-electron chi connectivity index (χ3n) is 2.17. The lowest BCUT2D eigenvalue weighted by molar-refractivity contribution is 0.466. The summed E-state index contributed by atoms with van der Waals surface area (Å²) in [5, 5.41) is 3.39. The molecule has 1 rings (SSSR count). The van der Waals surface area contributed by atoms with Crippen molar-refractivity contribution in [3.63, 3.8) is 0 Å². The molecule has 0 saturated heterocycles. The van der Waals surface area contributed by atoms with Gasteiger partial charge in [-0.25, -0.2) is 0 Å². The lowest BCUT2D eigenvalue weighted by Crippen LogP contribution is -2.33. The van der Waals surface area contributed by atoms with Crippen LogP contribution in [-0.2, 0) is 0 Å². The van der Waals surface area contributed by atoms with Gasteiger partial charge in [-0.05, 0) is 31.2 Å². The summed E-state index contributed by atoms with van der Waals surface area (Å²) in [5.74, 6) is 4.25. The Morgan fingerprint density at radius 1 is 1.55 bits per heavy atom. The highest BCUT2D eigenvalue weighted by atomic mass is 14.9. The molecule has 0 spiro atoms. The molecule has 0 heterocycles. The van der Waals surface area contributed by atoms with Gasteiger partial charge >= 0.3 is 0 Å². The van der Waals surface area contributed by atoms with E-state index in [1.165, 1.54) is 12.8 Å². The van der Waals surface area contributed by atoms with E-state index in [0.717, 1.165) is 12.5 Å². The first kappa shape index (κ1) is 8.62. The summed E-state index contributed by atoms with van der Waals surface area (Å²) in [6, 6.07) is 0.274. The van der Waals surface area contributed by atoms with Crippen LogP contribution < -0.4 is 5.32 Å². The molecule has 11 heavy (non-hydrogen) atoms. The van der Waals surface area contributed by atoms with Crippen molar-refractivity contribution in [2.24, 2.45) is 11.8 Å². The highest BCUT2D eigenvalue weighted by Gasteiger charge is 2.22. The molecular formula is C10H17N. The minimum atomic E-state index is 0.274. The van der Waals surface area contributed by atoms with Gasteiger partial charge in [0.25, 0.3) is 0 Å². The van der Waals surface area contributed by atoms with Gasteiger partial charge in [0.05, 0.1) is 6.04 Å². The SMILES string of the molecule is C#CC(NCC1CC1)C(C)C. The maximum Gasteiger partial charge on any atom is 0.0710 e. The quantitative estimate of drug-likeness (QED) is 0.602. The second-order valence-electron chi connectivity index (χ2n) is 3.74. The molecule has 1 aliphatic rings. The summed E-state index contributed by atoms with van der Waals surface area (Å²) in [4.78, 5) is 0. The van der Waals surface area contributed by atoms with E-state index in [0.29, 0.717) is 5.92 Å². The van der Waals surface area contributed by atoms with E-state index in [9.17, 15) is 0 Å². The van der Waals surface area contributed by atoms with Crippen molar-refractivity contribution in [2.45, 2.75) is 32.7 Å². The summed E-state index contributed by atoms with van der Waals surface area (Å²) in [5.41, 5.74) is 0. The number of hydrogen-bond acceptors (Lipinski definition) is 1. The van der Waals surface area contributed by atoms with Gasteiger partial charge in [-0.1, -0.05) is 19.8 Å². The van der Waals surface area contributed by atoms with Crippen LogP contribution in [0.4, 0.5) is 0 Å². The zero-order valence-corrected chi connectivity index (χ0v) is 7.43. The molecule has 0 aromatic rings. The van der Waals surface area contributed by atoms with Crippen LogP contribution in [0.1, 0.15) is 26.7 Å². The smallest absolute Gasteiger partial charge is 0.0710 e. The molecule has 1 nitrogen and oxygen atoms in total. The third kappa shape index (κ3) is 2.95. The van der Waals surface area contributed by atoms with Crippen LogP contribution in [0.25, 0.3) is 0 Å². The molecule has 0 radical (unpaired) electrons. The van der Waals surface area contributed by atoms with Crippen LogP contribution in [0.15, 0.2) is 0 Å². The van der Waals surface area contributed by atoms with Crippen molar-refractivity contribution >= 4 is 0 Å². The van der Waals surface area contributed by atoms with Crippen molar-refractivity contribution in [3.8, 4) is 12.3 Å². The summed E-state index contributed by atoms with van der Waals surface area (Å²) < 4.78 is 0. The van der Waals surface area contributed by atoms with E-state index in [2.05, 4.69) is 25.1 Å². The van der Waals surface area contributed by atoms with E-state index in [4.69, 9.17) is 6.42 Å². The molecule has 0 amide bonds. The van der Waals surface area contributed by atoms with E-state index in [1.807, 2.05) is 0 Å². The molecule has 62 valence electrons. The predicted octanol–water partition coefficient (Wildman–Crippen LogP) is 1.64. The van der Waals surface area contributed by atoms with E-state index in [-0.39, 0.29) is 6.04 Å². The molecule has 1 atom stereocenters. The summed E-state index contributed by atoms with van der Waals surface area (Å²) in [6.07, 6.45) is 8.15. The Balaban J connectivity index is 2.15. The molecule has 1 unspecified atom stereocenters. The van der Waals surface area contributed by atoms with E-state index in [1.54, 1.807) is 0 Å². The first-order valence-corrected chi connectivity index (χ1v) is 4.43. The van der Waals surface area contributed by atoms with Crippen LogP contribution in [0.3, 0.4) is 0 Å².